The molecule has 1 aliphatic carbocycles. The summed E-state index contributed by atoms with van der Waals surface area (Å²) in [6, 6.07) is 9.96. The van der Waals surface area contributed by atoms with Gasteiger partial charge in [-0.1, -0.05) is 56.5 Å². The zero-order valence-electron chi connectivity index (χ0n) is 14.7. The van der Waals surface area contributed by atoms with E-state index in [2.05, 4.69) is 12.2 Å². The van der Waals surface area contributed by atoms with Crippen molar-refractivity contribution < 1.29 is 8.42 Å². The van der Waals surface area contributed by atoms with Gasteiger partial charge in [0.25, 0.3) is 0 Å². The first-order valence-corrected chi connectivity index (χ1v) is 10.4. The average Bonchev–Trinajstić information content (AvgIpc) is 2.74. The second-order valence-electron chi connectivity index (χ2n) is 6.90. The average molecular weight is 349 g/mol. The SMILES string of the molecule is CCNCC1=C(C)S(=O)(=O)N(Cc2ccccc2)C12CCCCC2. The van der Waals surface area contributed by atoms with Crippen LogP contribution in [0.1, 0.15) is 51.5 Å². The number of nitrogens with one attached hydrogen (secondary N) is 1. The highest BCUT2D eigenvalue weighted by atomic mass is 32.2. The molecule has 1 aromatic carbocycles. The molecule has 0 amide bonds. The maximum atomic E-state index is 13.2. The second-order valence-corrected chi connectivity index (χ2v) is 8.91. The van der Waals surface area contributed by atoms with Gasteiger partial charge in [-0.05, 0) is 37.4 Å². The number of hydrogen-bond donors (Lipinski definition) is 1. The van der Waals surface area contributed by atoms with E-state index in [0.717, 1.165) is 43.4 Å². The summed E-state index contributed by atoms with van der Waals surface area (Å²) in [7, 11) is -3.38. The maximum Gasteiger partial charge on any atom is 0.240 e. The van der Waals surface area contributed by atoms with Gasteiger partial charge in [0.15, 0.2) is 0 Å². The van der Waals surface area contributed by atoms with E-state index in [1.54, 1.807) is 11.2 Å². The van der Waals surface area contributed by atoms with Gasteiger partial charge in [-0.25, -0.2) is 8.42 Å². The predicted molar refractivity (Wildman–Crippen MR) is 98.0 cm³/mol. The van der Waals surface area contributed by atoms with Crippen molar-refractivity contribution >= 4 is 10.0 Å². The number of allylic oxidation sites excluding steroid dienone is 1. The Morgan fingerprint density at radius 3 is 2.42 bits per heavy atom. The van der Waals surface area contributed by atoms with Gasteiger partial charge in [0.05, 0.1) is 10.4 Å². The Balaban J connectivity index is 2.02. The van der Waals surface area contributed by atoms with Crippen molar-refractivity contribution in [3.63, 3.8) is 0 Å². The molecule has 0 bridgehead atoms. The van der Waals surface area contributed by atoms with Gasteiger partial charge in [-0.2, -0.15) is 4.31 Å². The van der Waals surface area contributed by atoms with Crippen LogP contribution >= 0.6 is 0 Å². The number of sulfonamides is 1. The number of benzene rings is 1. The third kappa shape index (κ3) is 2.93. The molecule has 2 aliphatic rings. The summed E-state index contributed by atoms with van der Waals surface area (Å²) < 4.78 is 28.2. The molecule has 1 heterocycles. The van der Waals surface area contributed by atoms with Crippen molar-refractivity contribution in [2.75, 3.05) is 13.1 Å². The highest BCUT2D eigenvalue weighted by molar-refractivity contribution is 7.93. The highest BCUT2D eigenvalue weighted by Gasteiger charge is 2.53. The molecule has 0 aromatic heterocycles. The lowest BCUT2D eigenvalue weighted by molar-refractivity contribution is 0.166. The van der Waals surface area contributed by atoms with Crippen LogP contribution in [0.25, 0.3) is 0 Å². The van der Waals surface area contributed by atoms with Gasteiger partial charge >= 0.3 is 0 Å². The molecule has 4 nitrogen and oxygen atoms in total. The molecule has 1 N–H and O–H groups in total. The molecule has 0 saturated heterocycles. The normalized spacial score (nSPS) is 23.1. The van der Waals surface area contributed by atoms with E-state index in [9.17, 15) is 8.42 Å². The molecule has 5 heteroatoms. The molecule has 3 rings (SSSR count). The molecule has 0 unspecified atom stereocenters. The molecule has 0 atom stereocenters. The van der Waals surface area contributed by atoms with Crippen LogP contribution in [-0.2, 0) is 16.6 Å². The van der Waals surface area contributed by atoms with Gasteiger partial charge in [0.1, 0.15) is 0 Å². The van der Waals surface area contributed by atoms with Crippen molar-refractivity contribution in [1.29, 1.82) is 0 Å². The summed E-state index contributed by atoms with van der Waals surface area (Å²) in [5, 5.41) is 3.37. The summed E-state index contributed by atoms with van der Waals surface area (Å²) in [6.07, 6.45) is 5.29. The fraction of sp³-hybridized carbons (Fsp3) is 0.579. The fourth-order valence-electron chi connectivity index (χ4n) is 4.24. The third-order valence-electron chi connectivity index (χ3n) is 5.54. The second kappa shape index (κ2) is 6.98. The zero-order chi connectivity index (χ0) is 17.2. The Bertz CT molecular complexity index is 704. The van der Waals surface area contributed by atoms with Crippen LogP contribution in [-0.4, -0.2) is 31.4 Å². The van der Waals surface area contributed by atoms with Gasteiger partial charge < -0.3 is 5.32 Å². The Hall–Kier alpha value is -1.17. The maximum absolute atomic E-state index is 13.2. The first kappa shape index (κ1) is 17.6. The Morgan fingerprint density at radius 1 is 1.12 bits per heavy atom. The monoisotopic (exact) mass is 348 g/mol. The van der Waals surface area contributed by atoms with Gasteiger partial charge in [0, 0.05) is 13.1 Å². The smallest absolute Gasteiger partial charge is 0.240 e. The van der Waals surface area contributed by atoms with E-state index in [-0.39, 0.29) is 5.54 Å². The molecule has 1 fully saturated rings. The van der Waals surface area contributed by atoms with Crippen LogP contribution in [0.3, 0.4) is 0 Å². The third-order valence-corrected chi connectivity index (χ3v) is 7.62. The molecule has 1 aromatic rings. The van der Waals surface area contributed by atoms with Crippen LogP contribution in [0.15, 0.2) is 40.8 Å². The van der Waals surface area contributed by atoms with Crippen molar-refractivity contribution in [3.05, 3.63) is 46.4 Å². The summed E-state index contributed by atoms with van der Waals surface area (Å²) in [4.78, 5) is 0.571. The highest BCUT2D eigenvalue weighted by Crippen LogP contribution is 2.49. The van der Waals surface area contributed by atoms with Crippen molar-refractivity contribution in [2.24, 2.45) is 0 Å². The number of likely N-dealkylation sites (N-methyl/N-ethyl adjacent to an activating group) is 1. The number of nitrogens with zero attached hydrogens (tertiary/aromatic N) is 1. The lowest BCUT2D eigenvalue weighted by Crippen LogP contribution is -2.50. The van der Waals surface area contributed by atoms with Crippen LogP contribution in [0.2, 0.25) is 0 Å². The first-order chi connectivity index (χ1) is 11.5. The Kier molecular flexibility index (Phi) is 5.13. The van der Waals surface area contributed by atoms with Crippen molar-refractivity contribution in [1.82, 2.24) is 9.62 Å². The zero-order valence-corrected chi connectivity index (χ0v) is 15.5. The van der Waals surface area contributed by atoms with Crippen LogP contribution in [0, 0.1) is 0 Å². The van der Waals surface area contributed by atoms with E-state index in [0.29, 0.717) is 18.0 Å². The number of rotatable bonds is 5. The van der Waals surface area contributed by atoms with E-state index >= 15 is 0 Å². The van der Waals surface area contributed by atoms with Gasteiger partial charge in [-0.15, -0.1) is 0 Å². The summed E-state index contributed by atoms with van der Waals surface area (Å²) in [5.41, 5.74) is 1.84. The standard InChI is InChI=1S/C19H28N2O2S/c1-3-20-14-18-16(2)24(22,23)21(15-17-10-6-4-7-11-17)19(18)12-8-5-9-13-19/h4,6-7,10-11,20H,3,5,8-9,12-15H2,1-2H3. The van der Waals surface area contributed by atoms with Crippen LogP contribution in [0.4, 0.5) is 0 Å². The minimum atomic E-state index is -3.38. The fourth-order valence-corrected chi connectivity index (χ4v) is 6.22. The minimum Gasteiger partial charge on any atom is -0.313 e. The molecule has 0 radical (unpaired) electrons. The lowest BCUT2D eigenvalue weighted by atomic mass is 9.75. The number of hydrogen-bond acceptors (Lipinski definition) is 3. The molecular weight excluding hydrogens is 320 g/mol. The summed E-state index contributed by atoms with van der Waals surface area (Å²) in [6.45, 7) is 5.85. The molecule has 1 saturated carbocycles. The summed E-state index contributed by atoms with van der Waals surface area (Å²) >= 11 is 0. The Labute approximate surface area is 146 Å². The first-order valence-electron chi connectivity index (χ1n) is 9.00. The molecule has 1 aliphatic heterocycles. The van der Waals surface area contributed by atoms with Gasteiger partial charge in [0.2, 0.25) is 10.0 Å². The largest absolute Gasteiger partial charge is 0.313 e. The molecule has 24 heavy (non-hydrogen) atoms. The minimum absolute atomic E-state index is 0.320. The van der Waals surface area contributed by atoms with E-state index in [1.807, 2.05) is 30.3 Å². The summed E-state index contributed by atoms with van der Waals surface area (Å²) in [5.74, 6) is 0. The quantitative estimate of drug-likeness (QED) is 0.887. The van der Waals surface area contributed by atoms with Gasteiger partial charge in [-0.3, -0.25) is 0 Å². The predicted octanol–water partition coefficient (Wildman–Crippen LogP) is 3.42. The molecule has 1 spiro atoms. The van der Waals surface area contributed by atoms with E-state index < -0.39 is 10.0 Å². The molecular formula is C19H28N2O2S. The topological polar surface area (TPSA) is 49.4 Å². The van der Waals surface area contributed by atoms with Crippen LogP contribution in [0.5, 0.6) is 0 Å². The Morgan fingerprint density at radius 2 is 1.79 bits per heavy atom. The van der Waals surface area contributed by atoms with Crippen molar-refractivity contribution in [2.45, 2.75) is 58.0 Å². The van der Waals surface area contributed by atoms with Crippen LogP contribution < -0.4 is 5.32 Å². The van der Waals surface area contributed by atoms with E-state index in [4.69, 9.17) is 0 Å². The lowest BCUT2D eigenvalue weighted by Gasteiger charge is -2.42. The molecule has 132 valence electrons. The van der Waals surface area contributed by atoms with E-state index in [1.165, 1.54) is 6.42 Å². The van der Waals surface area contributed by atoms with Crippen molar-refractivity contribution in [3.8, 4) is 0 Å².